The standard InChI is InChI=1S/C10H14O2/c1-5-4-6(11)7-8(9(5)12)10(7,2)3/h4,6-8,11H,1-3H3/t6-,7?,8?/m0/s1. The van der Waals surface area contributed by atoms with Crippen molar-refractivity contribution in [1.29, 1.82) is 0 Å². The third kappa shape index (κ3) is 0.761. The van der Waals surface area contributed by atoms with Crippen LogP contribution in [0.1, 0.15) is 20.8 Å². The van der Waals surface area contributed by atoms with Crippen molar-refractivity contribution >= 4 is 5.78 Å². The van der Waals surface area contributed by atoms with E-state index in [0.717, 1.165) is 5.57 Å². The summed E-state index contributed by atoms with van der Waals surface area (Å²) in [6.45, 7) is 5.89. The second-order valence-corrected chi connectivity index (χ2v) is 4.53. The maximum absolute atomic E-state index is 11.5. The van der Waals surface area contributed by atoms with Gasteiger partial charge in [-0.3, -0.25) is 4.79 Å². The van der Waals surface area contributed by atoms with Gasteiger partial charge in [0.1, 0.15) is 0 Å². The minimum absolute atomic E-state index is 0.0186. The van der Waals surface area contributed by atoms with Crippen LogP contribution < -0.4 is 0 Å². The van der Waals surface area contributed by atoms with Crippen LogP contribution in [0.4, 0.5) is 0 Å². The van der Waals surface area contributed by atoms with Crippen LogP contribution in [0, 0.1) is 17.3 Å². The number of hydrogen-bond donors (Lipinski definition) is 1. The molecule has 0 radical (unpaired) electrons. The second-order valence-electron chi connectivity index (χ2n) is 4.53. The van der Waals surface area contributed by atoms with Crippen molar-refractivity contribution in [3.8, 4) is 0 Å². The first-order chi connectivity index (χ1) is 5.46. The lowest BCUT2D eigenvalue weighted by atomic mass is 9.98. The SMILES string of the molecule is CC1=C[C@H](O)C2C(C1=O)C2(C)C. The molecule has 1 fully saturated rings. The van der Waals surface area contributed by atoms with E-state index in [2.05, 4.69) is 13.8 Å². The first kappa shape index (κ1) is 7.99. The molecule has 2 nitrogen and oxygen atoms in total. The van der Waals surface area contributed by atoms with E-state index in [-0.39, 0.29) is 23.0 Å². The van der Waals surface area contributed by atoms with Crippen LogP contribution >= 0.6 is 0 Å². The Labute approximate surface area is 72.3 Å². The van der Waals surface area contributed by atoms with Gasteiger partial charge in [0, 0.05) is 11.8 Å². The molecule has 0 aromatic heterocycles. The molecular weight excluding hydrogens is 152 g/mol. The molecule has 1 saturated carbocycles. The number of allylic oxidation sites excluding steroid dienone is 1. The van der Waals surface area contributed by atoms with E-state index in [1.807, 2.05) is 0 Å². The van der Waals surface area contributed by atoms with Gasteiger partial charge in [-0.2, -0.15) is 0 Å². The zero-order valence-electron chi connectivity index (χ0n) is 7.66. The summed E-state index contributed by atoms with van der Waals surface area (Å²) in [6.07, 6.45) is 1.29. The normalized spacial score (nSPS) is 43.5. The first-order valence-electron chi connectivity index (χ1n) is 4.37. The molecule has 2 heteroatoms. The Hall–Kier alpha value is -0.630. The predicted molar refractivity (Wildman–Crippen MR) is 45.5 cm³/mol. The number of carbonyl (C=O) groups is 1. The second kappa shape index (κ2) is 1.99. The van der Waals surface area contributed by atoms with Gasteiger partial charge in [0.2, 0.25) is 0 Å². The summed E-state index contributed by atoms with van der Waals surface area (Å²) < 4.78 is 0. The van der Waals surface area contributed by atoms with Gasteiger partial charge in [0.15, 0.2) is 5.78 Å². The number of fused-ring (bicyclic) bond motifs is 1. The number of carbonyl (C=O) groups excluding carboxylic acids is 1. The van der Waals surface area contributed by atoms with Crippen LogP contribution in [-0.2, 0) is 4.79 Å². The van der Waals surface area contributed by atoms with E-state index < -0.39 is 6.10 Å². The molecule has 0 saturated heterocycles. The highest BCUT2D eigenvalue weighted by atomic mass is 16.3. The highest BCUT2D eigenvalue weighted by Crippen LogP contribution is 2.62. The summed E-state index contributed by atoms with van der Waals surface area (Å²) in [4.78, 5) is 11.5. The van der Waals surface area contributed by atoms with Crippen LogP contribution in [0.5, 0.6) is 0 Å². The molecular formula is C10H14O2. The van der Waals surface area contributed by atoms with Crippen molar-refractivity contribution in [2.24, 2.45) is 17.3 Å². The van der Waals surface area contributed by atoms with Gasteiger partial charge in [0.25, 0.3) is 0 Å². The number of aliphatic hydroxyl groups is 1. The number of aliphatic hydroxyl groups excluding tert-OH is 1. The Morgan fingerprint density at radius 2 is 2.08 bits per heavy atom. The predicted octanol–water partition coefficient (Wildman–Crippen LogP) is 1.15. The summed E-state index contributed by atoms with van der Waals surface area (Å²) in [5, 5.41) is 9.61. The van der Waals surface area contributed by atoms with Crippen LogP contribution in [0.2, 0.25) is 0 Å². The maximum atomic E-state index is 11.5. The molecule has 0 amide bonds. The van der Waals surface area contributed by atoms with Gasteiger partial charge in [-0.25, -0.2) is 0 Å². The molecule has 2 rings (SSSR count). The molecule has 66 valence electrons. The first-order valence-corrected chi connectivity index (χ1v) is 4.37. The molecule has 0 spiro atoms. The molecule has 3 atom stereocenters. The maximum Gasteiger partial charge on any atom is 0.162 e. The molecule has 0 aromatic rings. The van der Waals surface area contributed by atoms with Crippen LogP contribution in [0.15, 0.2) is 11.6 Å². The van der Waals surface area contributed by atoms with Gasteiger partial charge in [-0.05, 0) is 24.0 Å². The summed E-state index contributed by atoms with van der Waals surface area (Å²) in [5.74, 6) is 0.487. The van der Waals surface area contributed by atoms with Crippen molar-refractivity contribution in [1.82, 2.24) is 0 Å². The van der Waals surface area contributed by atoms with E-state index in [1.165, 1.54) is 0 Å². The number of hydrogen-bond acceptors (Lipinski definition) is 2. The van der Waals surface area contributed by atoms with E-state index in [0.29, 0.717) is 0 Å². The van der Waals surface area contributed by atoms with E-state index in [1.54, 1.807) is 13.0 Å². The van der Waals surface area contributed by atoms with Crippen molar-refractivity contribution in [2.45, 2.75) is 26.9 Å². The molecule has 2 unspecified atom stereocenters. The zero-order valence-corrected chi connectivity index (χ0v) is 7.66. The fraction of sp³-hybridized carbons (Fsp3) is 0.700. The molecule has 0 aliphatic heterocycles. The van der Waals surface area contributed by atoms with Crippen LogP contribution in [-0.4, -0.2) is 17.0 Å². The molecule has 0 bridgehead atoms. The van der Waals surface area contributed by atoms with E-state index >= 15 is 0 Å². The van der Waals surface area contributed by atoms with Gasteiger partial charge >= 0.3 is 0 Å². The van der Waals surface area contributed by atoms with Crippen LogP contribution in [0.3, 0.4) is 0 Å². The highest BCUT2D eigenvalue weighted by Gasteiger charge is 2.65. The van der Waals surface area contributed by atoms with Gasteiger partial charge < -0.3 is 5.11 Å². The monoisotopic (exact) mass is 166 g/mol. The number of ketones is 1. The third-order valence-corrected chi connectivity index (χ3v) is 3.37. The van der Waals surface area contributed by atoms with Crippen molar-refractivity contribution < 1.29 is 9.90 Å². The Morgan fingerprint density at radius 3 is 2.67 bits per heavy atom. The zero-order chi connectivity index (χ0) is 9.09. The Morgan fingerprint density at radius 1 is 1.50 bits per heavy atom. The lowest BCUT2D eigenvalue weighted by molar-refractivity contribution is -0.118. The molecule has 2 aliphatic rings. The quantitative estimate of drug-likeness (QED) is 0.586. The Balaban J connectivity index is 2.35. The molecule has 0 aromatic carbocycles. The fourth-order valence-electron chi connectivity index (χ4n) is 2.50. The lowest BCUT2D eigenvalue weighted by Crippen LogP contribution is -2.19. The Kier molecular flexibility index (Phi) is 1.33. The van der Waals surface area contributed by atoms with Crippen molar-refractivity contribution in [3.63, 3.8) is 0 Å². The summed E-state index contributed by atoms with van der Waals surface area (Å²) in [5.41, 5.74) is 0.749. The van der Waals surface area contributed by atoms with E-state index in [4.69, 9.17) is 0 Å². The van der Waals surface area contributed by atoms with Crippen molar-refractivity contribution in [2.75, 3.05) is 0 Å². The smallest absolute Gasteiger partial charge is 0.162 e. The molecule has 12 heavy (non-hydrogen) atoms. The average Bonchev–Trinajstić information content (AvgIpc) is 2.50. The summed E-state index contributed by atoms with van der Waals surface area (Å²) in [7, 11) is 0. The van der Waals surface area contributed by atoms with Crippen LogP contribution in [0.25, 0.3) is 0 Å². The molecule has 2 aliphatic carbocycles. The van der Waals surface area contributed by atoms with Gasteiger partial charge in [-0.15, -0.1) is 0 Å². The van der Waals surface area contributed by atoms with Gasteiger partial charge in [-0.1, -0.05) is 13.8 Å². The lowest BCUT2D eigenvalue weighted by Gasteiger charge is -2.11. The third-order valence-electron chi connectivity index (χ3n) is 3.37. The number of rotatable bonds is 0. The van der Waals surface area contributed by atoms with Gasteiger partial charge in [0.05, 0.1) is 6.10 Å². The number of Topliss-reactive ketones (excluding diaryl/α,β-unsaturated/α-hetero) is 1. The molecule has 1 N–H and O–H groups in total. The fourth-order valence-corrected chi connectivity index (χ4v) is 2.50. The minimum atomic E-state index is -0.400. The topological polar surface area (TPSA) is 37.3 Å². The average molecular weight is 166 g/mol. The van der Waals surface area contributed by atoms with Crippen molar-refractivity contribution in [3.05, 3.63) is 11.6 Å². The highest BCUT2D eigenvalue weighted by molar-refractivity contribution is 6.00. The largest absolute Gasteiger partial charge is 0.389 e. The summed E-state index contributed by atoms with van der Waals surface area (Å²) in [6, 6.07) is 0. The van der Waals surface area contributed by atoms with E-state index in [9.17, 15) is 9.90 Å². The minimum Gasteiger partial charge on any atom is -0.389 e. The Bertz CT molecular complexity index is 276. The summed E-state index contributed by atoms with van der Waals surface area (Å²) >= 11 is 0. The molecule has 0 heterocycles.